The minimum Gasteiger partial charge on any atom is -0.460 e. The van der Waals surface area contributed by atoms with Crippen LogP contribution in [-0.4, -0.2) is 11.6 Å². The normalized spacial score (nSPS) is 19.3. The third-order valence-electron chi connectivity index (χ3n) is 4.78. The van der Waals surface area contributed by atoms with Crippen molar-refractivity contribution in [1.29, 1.82) is 0 Å². The molecule has 2 nitrogen and oxygen atoms in total. The number of hydrogen-bond donors (Lipinski definition) is 0. The molecule has 1 aliphatic rings. The van der Waals surface area contributed by atoms with Gasteiger partial charge in [-0.3, -0.25) is 4.79 Å². The van der Waals surface area contributed by atoms with Crippen molar-refractivity contribution >= 4 is 5.97 Å². The van der Waals surface area contributed by atoms with Crippen molar-refractivity contribution in [2.24, 2.45) is 5.41 Å². The van der Waals surface area contributed by atoms with E-state index in [0.717, 1.165) is 5.57 Å². The molecule has 0 bridgehead atoms. The van der Waals surface area contributed by atoms with Gasteiger partial charge in [0.1, 0.15) is 5.60 Å². The van der Waals surface area contributed by atoms with Gasteiger partial charge in [0.05, 0.1) is 6.42 Å². The van der Waals surface area contributed by atoms with Gasteiger partial charge in [-0.05, 0) is 71.8 Å². The van der Waals surface area contributed by atoms with E-state index in [1.807, 2.05) is 45.9 Å². The molecule has 1 aliphatic carbocycles. The Bertz CT molecular complexity index is 674. The summed E-state index contributed by atoms with van der Waals surface area (Å²) in [5.41, 5.74) is 5.12. The molecule has 0 radical (unpaired) electrons. The number of esters is 1. The van der Waals surface area contributed by atoms with Gasteiger partial charge in [0, 0.05) is 0 Å². The van der Waals surface area contributed by atoms with Gasteiger partial charge in [0.15, 0.2) is 0 Å². The first kappa shape index (κ1) is 23.2. The molecule has 0 heterocycles. The van der Waals surface area contributed by atoms with E-state index in [-0.39, 0.29) is 11.4 Å². The highest BCUT2D eigenvalue weighted by Crippen LogP contribution is 2.40. The Balaban J connectivity index is 2.65. The fraction of sp³-hybridized carbons (Fsp3) is 0.560. The van der Waals surface area contributed by atoms with Gasteiger partial charge in [-0.25, -0.2) is 0 Å². The summed E-state index contributed by atoms with van der Waals surface area (Å²) >= 11 is 0. The molecular formula is C25H38O2. The van der Waals surface area contributed by atoms with Crippen molar-refractivity contribution < 1.29 is 9.53 Å². The van der Waals surface area contributed by atoms with E-state index in [1.165, 1.54) is 36.0 Å². The van der Waals surface area contributed by atoms with Gasteiger partial charge in [-0.15, -0.1) is 0 Å². The maximum absolute atomic E-state index is 11.7. The van der Waals surface area contributed by atoms with Crippen molar-refractivity contribution in [1.82, 2.24) is 0 Å². The van der Waals surface area contributed by atoms with Gasteiger partial charge < -0.3 is 4.74 Å². The lowest BCUT2D eigenvalue weighted by Gasteiger charge is -2.32. The Hall–Kier alpha value is -1.83. The molecule has 0 aromatic rings. The summed E-state index contributed by atoms with van der Waals surface area (Å²) in [5, 5.41) is 0. The van der Waals surface area contributed by atoms with Crippen molar-refractivity contribution in [2.45, 2.75) is 86.7 Å². The average molecular weight is 371 g/mol. The van der Waals surface area contributed by atoms with Crippen molar-refractivity contribution in [3.8, 4) is 0 Å². The highest BCUT2D eigenvalue weighted by Gasteiger charge is 2.26. The minimum absolute atomic E-state index is 0.191. The fourth-order valence-electron chi connectivity index (χ4n) is 3.33. The van der Waals surface area contributed by atoms with Crippen LogP contribution in [0.25, 0.3) is 0 Å². The minimum atomic E-state index is -0.429. The highest BCUT2D eigenvalue weighted by molar-refractivity contribution is 5.71. The Morgan fingerprint density at radius 1 is 1.15 bits per heavy atom. The molecule has 0 atom stereocenters. The van der Waals surface area contributed by atoms with E-state index >= 15 is 0 Å². The monoisotopic (exact) mass is 370 g/mol. The molecule has 0 aromatic carbocycles. The Morgan fingerprint density at radius 2 is 1.81 bits per heavy atom. The number of hydrogen-bond acceptors (Lipinski definition) is 2. The molecule has 0 saturated heterocycles. The summed E-state index contributed by atoms with van der Waals surface area (Å²) in [4.78, 5) is 11.7. The first-order chi connectivity index (χ1) is 12.4. The fourth-order valence-corrected chi connectivity index (χ4v) is 3.33. The van der Waals surface area contributed by atoms with Crippen molar-refractivity contribution in [2.75, 3.05) is 0 Å². The van der Waals surface area contributed by atoms with Gasteiger partial charge >= 0.3 is 5.97 Å². The van der Waals surface area contributed by atoms with E-state index in [2.05, 4.69) is 45.9 Å². The lowest BCUT2D eigenvalue weighted by atomic mass is 9.72. The van der Waals surface area contributed by atoms with E-state index in [9.17, 15) is 4.79 Å². The predicted octanol–water partition coefficient (Wildman–Crippen LogP) is 7.25. The number of carbonyl (C=O) groups is 1. The molecule has 0 unspecified atom stereocenters. The van der Waals surface area contributed by atoms with Crippen molar-refractivity contribution in [3.05, 3.63) is 58.7 Å². The summed E-state index contributed by atoms with van der Waals surface area (Å²) in [6.07, 6.45) is 16.6. The van der Waals surface area contributed by atoms with E-state index in [0.29, 0.717) is 6.42 Å². The summed E-state index contributed by atoms with van der Waals surface area (Å²) < 4.78 is 5.31. The first-order valence-corrected chi connectivity index (χ1v) is 10.0. The van der Waals surface area contributed by atoms with Gasteiger partial charge in [-0.2, -0.15) is 0 Å². The summed E-state index contributed by atoms with van der Waals surface area (Å²) in [6, 6.07) is 0. The lowest BCUT2D eigenvalue weighted by molar-refractivity contribution is -0.153. The van der Waals surface area contributed by atoms with Crippen LogP contribution < -0.4 is 0 Å². The molecule has 0 aromatic heterocycles. The Morgan fingerprint density at radius 3 is 2.41 bits per heavy atom. The summed E-state index contributed by atoms with van der Waals surface area (Å²) in [6.45, 7) is 16.7. The maximum atomic E-state index is 11.7. The molecule has 2 heteroatoms. The van der Waals surface area contributed by atoms with E-state index < -0.39 is 5.60 Å². The predicted molar refractivity (Wildman–Crippen MR) is 117 cm³/mol. The van der Waals surface area contributed by atoms with Crippen LogP contribution in [0.4, 0.5) is 0 Å². The van der Waals surface area contributed by atoms with Crippen LogP contribution in [0.3, 0.4) is 0 Å². The first-order valence-electron chi connectivity index (χ1n) is 10.0. The number of carbonyl (C=O) groups excluding carboxylic acids is 1. The molecule has 150 valence electrons. The summed E-state index contributed by atoms with van der Waals surface area (Å²) in [7, 11) is 0. The van der Waals surface area contributed by atoms with Crippen LogP contribution in [-0.2, 0) is 9.53 Å². The van der Waals surface area contributed by atoms with Crippen LogP contribution in [0, 0.1) is 5.41 Å². The molecule has 0 fully saturated rings. The van der Waals surface area contributed by atoms with Crippen LogP contribution in [0.15, 0.2) is 58.7 Å². The zero-order valence-corrected chi connectivity index (χ0v) is 18.6. The van der Waals surface area contributed by atoms with Crippen LogP contribution >= 0.6 is 0 Å². The number of ether oxygens (including phenoxy) is 1. The number of allylic oxidation sites excluding steroid dienone is 9. The topological polar surface area (TPSA) is 26.3 Å². The molecule has 0 amide bonds. The molecule has 1 rings (SSSR count). The van der Waals surface area contributed by atoms with Gasteiger partial charge in [0.25, 0.3) is 0 Å². The molecule has 0 aliphatic heterocycles. The van der Waals surface area contributed by atoms with Crippen LogP contribution in [0.5, 0.6) is 0 Å². The Kier molecular flexibility index (Phi) is 8.53. The molecule has 0 N–H and O–H groups in total. The molecule has 27 heavy (non-hydrogen) atoms. The second-order valence-corrected chi connectivity index (χ2v) is 9.27. The molecular weight excluding hydrogens is 332 g/mol. The van der Waals surface area contributed by atoms with Crippen LogP contribution in [0.1, 0.15) is 81.1 Å². The second kappa shape index (κ2) is 9.92. The molecule has 0 spiro atoms. The smallest absolute Gasteiger partial charge is 0.310 e. The SMILES string of the molecule is CC1=C(/C=C/C(C)=C/C=C/C(C)=C/CC(=O)OC(C)(C)C)C(C)(C)CCC1. The number of rotatable bonds is 6. The highest BCUT2D eigenvalue weighted by atomic mass is 16.6. The standard InChI is InChI=1S/C25H38O2/c1-19(14-16-22-21(3)13-10-18-25(22,7)8)11-9-12-20(2)15-17-23(26)27-24(4,5)6/h9,11-12,14-16H,10,13,17-18H2,1-8H3/b12-9+,16-14+,19-11+,20-15+. The molecule has 0 saturated carbocycles. The van der Waals surface area contributed by atoms with Crippen molar-refractivity contribution in [3.63, 3.8) is 0 Å². The third kappa shape index (κ3) is 9.08. The largest absolute Gasteiger partial charge is 0.460 e. The average Bonchev–Trinajstić information content (AvgIpc) is 2.50. The zero-order valence-electron chi connectivity index (χ0n) is 18.6. The maximum Gasteiger partial charge on any atom is 0.310 e. The second-order valence-electron chi connectivity index (χ2n) is 9.27. The van der Waals surface area contributed by atoms with E-state index in [4.69, 9.17) is 4.74 Å². The van der Waals surface area contributed by atoms with Crippen LogP contribution in [0.2, 0.25) is 0 Å². The quantitative estimate of drug-likeness (QED) is 0.363. The van der Waals surface area contributed by atoms with E-state index in [1.54, 1.807) is 0 Å². The summed E-state index contributed by atoms with van der Waals surface area (Å²) in [5.74, 6) is -0.191. The third-order valence-corrected chi connectivity index (χ3v) is 4.78. The lowest BCUT2D eigenvalue weighted by Crippen LogP contribution is -2.23. The zero-order chi connectivity index (χ0) is 20.7. The Labute approximate surface area is 166 Å². The van der Waals surface area contributed by atoms with Gasteiger partial charge in [-0.1, -0.05) is 67.0 Å². The van der Waals surface area contributed by atoms with Gasteiger partial charge in [0.2, 0.25) is 0 Å².